The molecule has 1 aromatic heterocycles. The van der Waals surface area contributed by atoms with E-state index in [1.807, 2.05) is 14.1 Å². The van der Waals surface area contributed by atoms with Crippen LogP contribution in [0.3, 0.4) is 0 Å². The molecule has 0 aromatic carbocycles. The predicted octanol–water partition coefficient (Wildman–Crippen LogP) is 2.18. The van der Waals surface area contributed by atoms with Crippen molar-refractivity contribution in [3.8, 4) is 0 Å². The van der Waals surface area contributed by atoms with Gasteiger partial charge in [0.25, 0.3) is 0 Å². The van der Waals surface area contributed by atoms with Gasteiger partial charge < -0.3 is 4.90 Å². The number of nitrogens with zero attached hydrogens (tertiary/aromatic N) is 1. The Morgan fingerprint density at radius 2 is 2.30 bits per heavy atom. The van der Waals surface area contributed by atoms with Gasteiger partial charge in [-0.15, -0.1) is 11.3 Å². The first-order chi connectivity index (χ1) is 4.72. The fourth-order valence-corrected chi connectivity index (χ4v) is 1.57. The number of hydrogen-bond acceptors (Lipinski definition) is 2. The Kier molecular flexibility index (Phi) is 2.46. The van der Waals surface area contributed by atoms with E-state index in [-0.39, 0.29) is 0 Å². The van der Waals surface area contributed by atoms with E-state index in [1.54, 1.807) is 11.3 Å². The normalized spacial score (nSPS) is 14.0. The molecule has 10 heavy (non-hydrogen) atoms. The molecule has 0 saturated carbocycles. The van der Waals surface area contributed by atoms with E-state index < -0.39 is 0 Å². The van der Waals surface area contributed by atoms with E-state index in [0.29, 0.717) is 6.04 Å². The average molecular weight is 154 g/mol. The van der Waals surface area contributed by atoms with Gasteiger partial charge in [0.05, 0.1) is 0 Å². The fraction of sp³-hybridized carbons (Fsp3) is 0.375. The molecule has 1 aromatic rings. The van der Waals surface area contributed by atoms with Crippen LogP contribution in [0.15, 0.2) is 17.5 Å². The Hall–Kier alpha value is -0.340. The van der Waals surface area contributed by atoms with Gasteiger partial charge in [0.2, 0.25) is 0 Å². The molecule has 0 saturated heterocycles. The summed E-state index contributed by atoms with van der Waals surface area (Å²) in [4.78, 5) is 3.43. The van der Waals surface area contributed by atoms with Crippen LogP contribution < -0.4 is 0 Å². The third-order valence-electron chi connectivity index (χ3n) is 1.49. The van der Waals surface area contributed by atoms with Gasteiger partial charge in [-0.2, -0.15) is 0 Å². The third-order valence-corrected chi connectivity index (χ3v) is 2.47. The molecule has 1 heterocycles. The van der Waals surface area contributed by atoms with Crippen LogP contribution in [-0.2, 0) is 0 Å². The molecule has 1 unspecified atom stereocenters. The summed E-state index contributed by atoms with van der Waals surface area (Å²) in [6, 6.07) is 4.48. The van der Waals surface area contributed by atoms with Crippen LogP contribution in [0.5, 0.6) is 0 Å². The van der Waals surface area contributed by atoms with Gasteiger partial charge in [0, 0.05) is 10.9 Å². The van der Waals surface area contributed by atoms with E-state index in [0.717, 1.165) is 0 Å². The fourth-order valence-electron chi connectivity index (χ4n) is 0.735. The predicted molar refractivity (Wildman–Crippen MR) is 46.1 cm³/mol. The summed E-state index contributed by atoms with van der Waals surface area (Å²) in [7, 11) is 4.08. The maximum atomic E-state index is 4.02. The van der Waals surface area contributed by atoms with Gasteiger partial charge >= 0.3 is 0 Å². The lowest BCUT2D eigenvalue weighted by atomic mass is 10.2. The van der Waals surface area contributed by atoms with Crippen LogP contribution in [0.1, 0.15) is 10.9 Å². The van der Waals surface area contributed by atoms with Gasteiger partial charge in [-0.1, -0.05) is 6.07 Å². The minimum atomic E-state index is 0.306. The van der Waals surface area contributed by atoms with Crippen molar-refractivity contribution in [3.63, 3.8) is 0 Å². The van der Waals surface area contributed by atoms with Crippen molar-refractivity contribution >= 4 is 11.3 Å². The molecule has 0 aliphatic rings. The maximum absolute atomic E-state index is 4.02. The van der Waals surface area contributed by atoms with Crippen molar-refractivity contribution in [2.45, 2.75) is 6.04 Å². The quantitative estimate of drug-likeness (QED) is 0.631. The second-order valence-electron chi connectivity index (χ2n) is 2.49. The van der Waals surface area contributed by atoms with E-state index in [9.17, 15) is 0 Å². The summed E-state index contributed by atoms with van der Waals surface area (Å²) in [6.45, 7) is 4.02. The summed E-state index contributed by atoms with van der Waals surface area (Å²) in [6.07, 6.45) is 0. The highest BCUT2D eigenvalue weighted by atomic mass is 32.1. The monoisotopic (exact) mass is 154 g/mol. The Morgan fingerprint density at radius 1 is 1.60 bits per heavy atom. The lowest BCUT2D eigenvalue weighted by Crippen LogP contribution is -2.15. The highest BCUT2D eigenvalue weighted by Gasteiger charge is 2.06. The first-order valence-corrected chi connectivity index (χ1v) is 4.12. The molecule has 55 valence electrons. The average Bonchev–Trinajstić information content (AvgIpc) is 2.36. The highest BCUT2D eigenvalue weighted by Crippen LogP contribution is 2.21. The van der Waals surface area contributed by atoms with Crippen LogP contribution in [-0.4, -0.2) is 19.0 Å². The van der Waals surface area contributed by atoms with Crippen molar-refractivity contribution < 1.29 is 0 Å². The summed E-state index contributed by atoms with van der Waals surface area (Å²) in [5.74, 6) is 0. The number of hydrogen-bond donors (Lipinski definition) is 0. The van der Waals surface area contributed by atoms with Crippen molar-refractivity contribution in [1.29, 1.82) is 0 Å². The molecule has 0 aliphatic heterocycles. The minimum Gasteiger partial charge on any atom is -0.302 e. The second-order valence-corrected chi connectivity index (χ2v) is 3.47. The molecule has 0 N–H and O–H groups in total. The van der Waals surface area contributed by atoms with Crippen LogP contribution in [0.2, 0.25) is 0 Å². The molecule has 1 radical (unpaired) electrons. The van der Waals surface area contributed by atoms with Gasteiger partial charge in [-0.3, -0.25) is 0 Å². The summed E-state index contributed by atoms with van der Waals surface area (Å²) in [5.41, 5.74) is 0. The third kappa shape index (κ3) is 1.58. The first kappa shape index (κ1) is 7.76. The second kappa shape index (κ2) is 3.17. The summed E-state index contributed by atoms with van der Waals surface area (Å²) < 4.78 is 0. The molecule has 0 bridgehead atoms. The van der Waals surface area contributed by atoms with E-state index in [4.69, 9.17) is 0 Å². The molecular weight excluding hydrogens is 142 g/mol. The SMILES string of the molecule is [CH2]C(c1cccs1)N(C)C. The number of rotatable bonds is 2. The Labute approximate surface area is 66.3 Å². The Bertz CT molecular complexity index is 179. The van der Waals surface area contributed by atoms with E-state index in [2.05, 4.69) is 29.3 Å². The van der Waals surface area contributed by atoms with Crippen LogP contribution in [0, 0.1) is 6.92 Å². The number of thiophene rings is 1. The van der Waals surface area contributed by atoms with Gasteiger partial charge in [-0.05, 0) is 32.5 Å². The minimum absolute atomic E-state index is 0.306. The molecule has 1 atom stereocenters. The smallest absolute Gasteiger partial charge is 0.0436 e. The molecule has 0 aliphatic carbocycles. The Balaban J connectivity index is 2.68. The van der Waals surface area contributed by atoms with Crippen molar-refractivity contribution in [3.05, 3.63) is 29.3 Å². The maximum Gasteiger partial charge on any atom is 0.0436 e. The molecule has 0 amide bonds. The topological polar surface area (TPSA) is 3.24 Å². The Morgan fingerprint density at radius 3 is 2.70 bits per heavy atom. The van der Waals surface area contributed by atoms with Gasteiger partial charge in [0.15, 0.2) is 0 Å². The zero-order valence-corrected chi connectivity index (χ0v) is 7.19. The molecule has 0 spiro atoms. The largest absolute Gasteiger partial charge is 0.302 e. The zero-order valence-electron chi connectivity index (χ0n) is 6.37. The van der Waals surface area contributed by atoms with Crippen molar-refractivity contribution in [1.82, 2.24) is 4.90 Å². The highest BCUT2D eigenvalue weighted by molar-refractivity contribution is 7.10. The van der Waals surface area contributed by atoms with Crippen LogP contribution in [0.4, 0.5) is 0 Å². The van der Waals surface area contributed by atoms with Crippen molar-refractivity contribution in [2.24, 2.45) is 0 Å². The van der Waals surface area contributed by atoms with E-state index >= 15 is 0 Å². The molecule has 1 nitrogen and oxygen atoms in total. The first-order valence-electron chi connectivity index (χ1n) is 3.24. The van der Waals surface area contributed by atoms with Crippen LogP contribution in [0.25, 0.3) is 0 Å². The molecule has 0 fully saturated rings. The lowest BCUT2D eigenvalue weighted by molar-refractivity contribution is 0.353. The summed E-state index contributed by atoms with van der Waals surface area (Å²) >= 11 is 1.76. The van der Waals surface area contributed by atoms with Crippen molar-refractivity contribution in [2.75, 3.05) is 14.1 Å². The van der Waals surface area contributed by atoms with Gasteiger partial charge in [-0.25, -0.2) is 0 Å². The van der Waals surface area contributed by atoms with Gasteiger partial charge in [0.1, 0.15) is 0 Å². The summed E-state index contributed by atoms with van der Waals surface area (Å²) in [5, 5.41) is 2.08. The molecule has 1 rings (SSSR count). The molecule has 2 heteroatoms. The zero-order chi connectivity index (χ0) is 7.56. The standard InChI is InChI=1S/C8H12NS/c1-7(9(2)3)8-5-4-6-10-8/h4-7H,1H2,2-3H3. The lowest BCUT2D eigenvalue weighted by Gasteiger charge is -2.17. The molecular formula is C8H12NS. The van der Waals surface area contributed by atoms with E-state index in [1.165, 1.54) is 4.88 Å². The van der Waals surface area contributed by atoms with Crippen LogP contribution >= 0.6 is 11.3 Å².